The summed E-state index contributed by atoms with van der Waals surface area (Å²) >= 11 is 0. The minimum absolute atomic E-state index is 0.0781. The Kier molecular flexibility index (Phi) is 5.74. The highest BCUT2D eigenvalue weighted by atomic mass is 16.6. The average Bonchev–Trinajstić information content (AvgIpc) is 2.97. The van der Waals surface area contributed by atoms with Gasteiger partial charge in [-0.1, -0.05) is 29.8 Å². The van der Waals surface area contributed by atoms with Crippen molar-refractivity contribution < 1.29 is 24.7 Å². The van der Waals surface area contributed by atoms with Gasteiger partial charge in [0.2, 0.25) is 0 Å². The fourth-order valence-electron chi connectivity index (χ4n) is 3.34. The van der Waals surface area contributed by atoms with E-state index in [2.05, 4.69) is 0 Å². The largest absolute Gasteiger partial charge is 0.507 e. The highest BCUT2D eigenvalue weighted by molar-refractivity contribution is 6.46. The summed E-state index contributed by atoms with van der Waals surface area (Å²) in [6.45, 7) is 1.82. The van der Waals surface area contributed by atoms with E-state index in [0.29, 0.717) is 11.1 Å². The topological polar surface area (TPSA) is 121 Å². The third-order valence-electron chi connectivity index (χ3n) is 4.84. The van der Waals surface area contributed by atoms with Crippen LogP contribution >= 0.6 is 0 Å². The van der Waals surface area contributed by atoms with Gasteiger partial charge in [0.05, 0.1) is 16.5 Å². The first kappa shape index (κ1) is 20.2. The van der Waals surface area contributed by atoms with Gasteiger partial charge in [0.25, 0.3) is 17.4 Å². The van der Waals surface area contributed by atoms with E-state index < -0.39 is 22.7 Å². The number of carbonyl (C=O) groups excluding carboxylic acids is 2. The molecule has 0 aromatic heterocycles. The molecule has 2 aromatic rings. The second-order valence-electron chi connectivity index (χ2n) is 6.78. The van der Waals surface area contributed by atoms with Crippen molar-refractivity contribution >= 4 is 23.1 Å². The molecule has 1 aliphatic rings. The number of aliphatic hydroxyl groups excluding tert-OH is 2. The molecule has 2 N–H and O–H groups in total. The van der Waals surface area contributed by atoms with Gasteiger partial charge < -0.3 is 15.1 Å². The Morgan fingerprint density at radius 2 is 1.72 bits per heavy atom. The van der Waals surface area contributed by atoms with Gasteiger partial charge in [0, 0.05) is 30.8 Å². The summed E-state index contributed by atoms with van der Waals surface area (Å²) in [7, 11) is 0. The van der Waals surface area contributed by atoms with Gasteiger partial charge in [-0.25, -0.2) is 0 Å². The predicted molar refractivity (Wildman–Crippen MR) is 105 cm³/mol. The molecule has 0 spiro atoms. The number of amides is 1. The van der Waals surface area contributed by atoms with E-state index in [1.807, 2.05) is 6.92 Å². The lowest BCUT2D eigenvalue weighted by atomic mass is 9.95. The Bertz CT molecular complexity index is 979. The van der Waals surface area contributed by atoms with Crippen LogP contribution in [-0.4, -0.2) is 44.9 Å². The highest BCUT2D eigenvalue weighted by Gasteiger charge is 2.45. The van der Waals surface area contributed by atoms with Crippen molar-refractivity contribution in [2.45, 2.75) is 19.4 Å². The molecule has 2 aromatic carbocycles. The molecule has 0 radical (unpaired) electrons. The van der Waals surface area contributed by atoms with E-state index in [4.69, 9.17) is 5.11 Å². The normalized spacial score (nSPS) is 18.3. The number of aliphatic hydroxyl groups is 2. The van der Waals surface area contributed by atoms with Crippen LogP contribution in [0, 0.1) is 17.0 Å². The number of rotatable bonds is 6. The molecular weight excluding hydrogens is 376 g/mol. The number of likely N-dealkylation sites (tertiary alicyclic amines) is 1. The fourth-order valence-corrected chi connectivity index (χ4v) is 3.34. The second-order valence-corrected chi connectivity index (χ2v) is 6.78. The molecule has 1 unspecified atom stereocenters. The van der Waals surface area contributed by atoms with Crippen molar-refractivity contribution in [3.63, 3.8) is 0 Å². The number of nitro groups is 1. The number of benzene rings is 2. The van der Waals surface area contributed by atoms with Gasteiger partial charge in [-0.2, -0.15) is 0 Å². The standard InChI is InChI=1S/C21H20N2O6/c1-13-3-5-15(6-4-13)19(25)17-18(14-7-9-16(10-8-14)23(28)29)22(11-2-12-24)21(27)20(17)26/h3-10,18,24-25H,2,11-12H2,1H3. The molecule has 0 aliphatic carbocycles. The van der Waals surface area contributed by atoms with Crippen molar-refractivity contribution in [3.8, 4) is 0 Å². The van der Waals surface area contributed by atoms with Crippen LogP contribution in [0.15, 0.2) is 54.1 Å². The molecule has 29 heavy (non-hydrogen) atoms. The number of Topliss-reactive ketones (excluding diaryl/α,β-unsaturated/α-hetero) is 1. The molecule has 1 aliphatic heterocycles. The Morgan fingerprint density at radius 3 is 2.28 bits per heavy atom. The highest BCUT2D eigenvalue weighted by Crippen LogP contribution is 2.39. The van der Waals surface area contributed by atoms with E-state index in [1.54, 1.807) is 24.3 Å². The number of hydrogen-bond acceptors (Lipinski definition) is 6. The predicted octanol–water partition coefficient (Wildman–Crippen LogP) is 2.71. The summed E-state index contributed by atoms with van der Waals surface area (Å²) in [5.41, 5.74) is 1.62. The third kappa shape index (κ3) is 3.88. The van der Waals surface area contributed by atoms with E-state index in [1.165, 1.54) is 29.2 Å². The lowest BCUT2D eigenvalue weighted by Gasteiger charge is -2.25. The van der Waals surface area contributed by atoms with Crippen LogP contribution in [0.25, 0.3) is 5.76 Å². The van der Waals surface area contributed by atoms with E-state index in [-0.39, 0.29) is 36.6 Å². The third-order valence-corrected chi connectivity index (χ3v) is 4.84. The van der Waals surface area contributed by atoms with Crippen LogP contribution in [0.3, 0.4) is 0 Å². The van der Waals surface area contributed by atoms with Gasteiger partial charge in [-0.15, -0.1) is 0 Å². The molecule has 8 nitrogen and oxygen atoms in total. The first-order valence-corrected chi connectivity index (χ1v) is 9.05. The zero-order valence-electron chi connectivity index (χ0n) is 15.7. The number of non-ortho nitro benzene ring substituents is 1. The maximum Gasteiger partial charge on any atom is 0.295 e. The number of nitro benzene ring substituents is 1. The smallest absolute Gasteiger partial charge is 0.295 e. The summed E-state index contributed by atoms with van der Waals surface area (Å²) in [4.78, 5) is 37.0. The Balaban J connectivity index is 2.14. The van der Waals surface area contributed by atoms with Gasteiger partial charge in [-0.05, 0) is 31.0 Å². The molecule has 8 heteroatoms. The first-order valence-electron chi connectivity index (χ1n) is 9.05. The minimum Gasteiger partial charge on any atom is -0.507 e. The summed E-state index contributed by atoms with van der Waals surface area (Å²) in [5, 5.41) is 30.9. The molecule has 150 valence electrons. The number of nitrogens with zero attached hydrogens (tertiary/aromatic N) is 2. The average molecular weight is 396 g/mol. The zero-order chi connectivity index (χ0) is 21.1. The molecule has 1 amide bonds. The summed E-state index contributed by atoms with van der Waals surface area (Å²) in [6, 6.07) is 11.4. The molecular formula is C21H20N2O6. The Labute approximate surface area is 166 Å². The van der Waals surface area contributed by atoms with Crippen molar-refractivity contribution in [2.24, 2.45) is 0 Å². The molecule has 1 heterocycles. The van der Waals surface area contributed by atoms with Crippen LogP contribution < -0.4 is 0 Å². The van der Waals surface area contributed by atoms with Crippen molar-refractivity contribution in [2.75, 3.05) is 13.2 Å². The van der Waals surface area contributed by atoms with Gasteiger partial charge in [-0.3, -0.25) is 19.7 Å². The molecule has 1 saturated heterocycles. The lowest BCUT2D eigenvalue weighted by molar-refractivity contribution is -0.384. The van der Waals surface area contributed by atoms with E-state index in [9.17, 15) is 24.8 Å². The lowest BCUT2D eigenvalue weighted by Crippen LogP contribution is -2.31. The zero-order valence-corrected chi connectivity index (χ0v) is 15.7. The van der Waals surface area contributed by atoms with Gasteiger partial charge in [0.1, 0.15) is 5.76 Å². The quantitative estimate of drug-likeness (QED) is 0.255. The van der Waals surface area contributed by atoms with Gasteiger partial charge in [0.15, 0.2) is 0 Å². The Hall–Kier alpha value is -3.52. The van der Waals surface area contributed by atoms with E-state index in [0.717, 1.165) is 5.56 Å². The molecule has 3 rings (SSSR count). The summed E-state index contributed by atoms with van der Waals surface area (Å²) in [6.07, 6.45) is 0.251. The van der Waals surface area contributed by atoms with Crippen LogP contribution in [0.4, 0.5) is 5.69 Å². The first-order chi connectivity index (χ1) is 13.8. The monoisotopic (exact) mass is 396 g/mol. The fraction of sp³-hybridized carbons (Fsp3) is 0.238. The molecule has 0 bridgehead atoms. The summed E-state index contributed by atoms with van der Waals surface area (Å²) in [5.74, 6) is -1.92. The molecule has 0 saturated carbocycles. The van der Waals surface area contributed by atoms with Crippen molar-refractivity contribution in [1.82, 2.24) is 4.90 Å². The number of aryl methyl sites for hydroxylation is 1. The Morgan fingerprint density at radius 1 is 1.10 bits per heavy atom. The van der Waals surface area contributed by atoms with Crippen molar-refractivity contribution in [3.05, 3.63) is 80.9 Å². The van der Waals surface area contributed by atoms with Crippen LogP contribution in [0.1, 0.15) is 29.2 Å². The minimum atomic E-state index is -0.899. The molecule has 1 atom stereocenters. The van der Waals surface area contributed by atoms with Crippen molar-refractivity contribution in [1.29, 1.82) is 0 Å². The van der Waals surface area contributed by atoms with Crippen LogP contribution in [0.5, 0.6) is 0 Å². The molecule has 1 fully saturated rings. The summed E-state index contributed by atoms with van der Waals surface area (Å²) < 4.78 is 0. The van der Waals surface area contributed by atoms with Crippen LogP contribution in [-0.2, 0) is 9.59 Å². The maximum atomic E-state index is 12.7. The van der Waals surface area contributed by atoms with E-state index >= 15 is 0 Å². The number of ketones is 1. The SMILES string of the molecule is Cc1ccc(C(O)=C2C(=O)C(=O)N(CCCO)C2c2ccc([N+](=O)[O-])cc2)cc1. The van der Waals surface area contributed by atoms with Crippen LogP contribution in [0.2, 0.25) is 0 Å². The van der Waals surface area contributed by atoms with Gasteiger partial charge >= 0.3 is 0 Å². The number of carbonyl (C=O) groups is 2. The number of hydrogen-bond donors (Lipinski definition) is 2. The second kappa shape index (κ2) is 8.24. The maximum absolute atomic E-state index is 12.7.